The van der Waals surface area contributed by atoms with Gasteiger partial charge in [-0.3, -0.25) is 4.79 Å². The fourth-order valence-corrected chi connectivity index (χ4v) is 2.91. The summed E-state index contributed by atoms with van der Waals surface area (Å²) in [5.74, 6) is 0.711. The fourth-order valence-electron chi connectivity index (χ4n) is 2.03. The van der Waals surface area contributed by atoms with Gasteiger partial charge in [-0.15, -0.1) is 0 Å². The topological polar surface area (TPSA) is 63.1 Å². The van der Waals surface area contributed by atoms with Gasteiger partial charge in [0.2, 0.25) is 0 Å². The molecule has 102 valence electrons. The number of H-pyrrole nitrogens is 1. The van der Waals surface area contributed by atoms with Crippen LogP contribution in [0.5, 0.6) is 0 Å². The van der Waals surface area contributed by atoms with Gasteiger partial charge in [0.05, 0.1) is 9.26 Å². The van der Waals surface area contributed by atoms with E-state index in [1.807, 2.05) is 71.4 Å². The van der Waals surface area contributed by atoms with E-state index in [2.05, 4.69) is 15.0 Å². The molecule has 1 N–H and O–H groups in total. The second-order valence-corrected chi connectivity index (χ2v) is 5.94. The predicted molar refractivity (Wildman–Crippen MR) is 85.8 cm³/mol. The van der Waals surface area contributed by atoms with Crippen LogP contribution in [-0.4, -0.2) is 19.4 Å². The zero-order valence-electron chi connectivity index (χ0n) is 11.1. The third kappa shape index (κ3) is 2.24. The SMILES string of the molecule is CC(C)c1nc(-c2cn3ccccc3n2)[nH]c(=O)c1I. The molecule has 0 atom stereocenters. The van der Waals surface area contributed by atoms with Gasteiger partial charge in [-0.2, -0.15) is 0 Å². The maximum absolute atomic E-state index is 12.0. The second kappa shape index (κ2) is 5.01. The minimum atomic E-state index is -0.114. The lowest BCUT2D eigenvalue weighted by Gasteiger charge is -2.07. The molecule has 0 unspecified atom stereocenters. The normalized spacial score (nSPS) is 11.4. The Bertz CT molecular complexity index is 802. The van der Waals surface area contributed by atoms with Crippen LogP contribution >= 0.6 is 22.6 Å². The van der Waals surface area contributed by atoms with Gasteiger partial charge in [-0.1, -0.05) is 19.9 Å². The number of aromatic nitrogens is 4. The molecule has 3 aromatic rings. The number of nitrogens with one attached hydrogen (secondary N) is 1. The number of hydrogen-bond donors (Lipinski definition) is 1. The van der Waals surface area contributed by atoms with Crippen LogP contribution in [0.25, 0.3) is 17.2 Å². The predicted octanol–water partition coefficient (Wildman–Crippen LogP) is 2.81. The summed E-state index contributed by atoms with van der Waals surface area (Å²) in [6, 6.07) is 5.77. The molecule has 0 aliphatic rings. The fraction of sp³-hybridized carbons (Fsp3) is 0.214. The number of halogens is 1. The monoisotopic (exact) mass is 380 g/mol. The quantitative estimate of drug-likeness (QED) is 0.696. The summed E-state index contributed by atoms with van der Waals surface area (Å²) in [7, 11) is 0. The molecule has 6 heteroatoms. The molecule has 0 aliphatic carbocycles. The van der Waals surface area contributed by atoms with Gasteiger partial charge in [-0.25, -0.2) is 9.97 Å². The third-order valence-corrected chi connectivity index (χ3v) is 4.08. The van der Waals surface area contributed by atoms with E-state index in [-0.39, 0.29) is 11.5 Å². The molecule has 3 heterocycles. The van der Waals surface area contributed by atoms with Crippen molar-refractivity contribution in [2.45, 2.75) is 19.8 Å². The maximum atomic E-state index is 12.0. The molecule has 0 saturated heterocycles. The molecular weight excluding hydrogens is 367 g/mol. The smallest absolute Gasteiger partial charge is 0.264 e. The van der Waals surface area contributed by atoms with Crippen LogP contribution < -0.4 is 5.56 Å². The summed E-state index contributed by atoms with van der Waals surface area (Å²) in [6.45, 7) is 4.05. The lowest BCUT2D eigenvalue weighted by molar-refractivity contribution is 0.801. The van der Waals surface area contributed by atoms with Crippen molar-refractivity contribution in [3.63, 3.8) is 0 Å². The van der Waals surface area contributed by atoms with Gasteiger partial charge in [0.25, 0.3) is 5.56 Å². The number of imidazole rings is 1. The Hall–Kier alpha value is -1.70. The lowest BCUT2D eigenvalue weighted by atomic mass is 10.1. The lowest BCUT2D eigenvalue weighted by Crippen LogP contribution is -2.17. The van der Waals surface area contributed by atoms with Gasteiger partial charge in [0.15, 0.2) is 5.82 Å². The Morgan fingerprint density at radius 1 is 1.30 bits per heavy atom. The van der Waals surface area contributed by atoms with E-state index in [4.69, 9.17) is 0 Å². The summed E-state index contributed by atoms with van der Waals surface area (Å²) in [4.78, 5) is 23.9. The molecule has 0 spiro atoms. The van der Waals surface area contributed by atoms with Crippen molar-refractivity contribution in [3.8, 4) is 11.5 Å². The van der Waals surface area contributed by atoms with Crippen LogP contribution in [0.4, 0.5) is 0 Å². The van der Waals surface area contributed by atoms with Gasteiger partial charge in [0, 0.05) is 12.4 Å². The summed E-state index contributed by atoms with van der Waals surface area (Å²) in [5.41, 5.74) is 2.19. The van der Waals surface area contributed by atoms with Crippen LogP contribution in [0, 0.1) is 3.57 Å². The molecule has 3 rings (SSSR count). The van der Waals surface area contributed by atoms with E-state index in [0.29, 0.717) is 15.1 Å². The van der Waals surface area contributed by atoms with Crippen molar-refractivity contribution >= 4 is 28.2 Å². The summed E-state index contributed by atoms with van der Waals surface area (Å²) in [5, 5.41) is 0. The zero-order chi connectivity index (χ0) is 14.3. The minimum Gasteiger partial charge on any atom is -0.306 e. The summed E-state index contributed by atoms with van der Waals surface area (Å²) < 4.78 is 2.55. The van der Waals surface area contributed by atoms with Crippen LogP contribution in [0.15, 0.2) is 35.4 Å². The van der Waals surface area contributed by atoms with Crippen LogP contribution in [0.2, 0.25) is 0 Å². The molecule has 0 aliphatic heterocycles. The van der Waals surface area contributed by atoms with E-state index in [1.54, 1.807) is 0 Å². The first-order chi connectivity index (χ1) is 9.56. The van der Waals surface area contributed by atoms with Crippen molar-refractivity contribution in [2.24, 2.45) is 0 Å². The Morgan fingerprint density at radius 3 is 2.80 bits per heavy atom. The zero-order valence-corrected chi connectivity index (χ0v) is 13.2. The van der Waals surface area contributed by atoms with Crippen molar-refractivity contribution in [1.82, 2.24) is 19.4 Å². The van der Waals surface area contributed by atoms with Crippen LogP contribution in [0.3, 0.4) is 0 Å². The van der Waals surface area contributed by atoms with E-state index >= 15 is 0 Å². The molecular formula is C14H13IN4O. The Morgan fingerprint density at radius 2 is 2.10 bits per heavy atom. The molecule has 5 nitrogen and oxygen atoms in total. The van der Waals surface area contributed by atoms with Crippen molar-refractivity contribution in [1.29, 1.82) is 0 Å². The molecule has 20 heavy (non-hydrogen) atoms. The standard InChI is InChI=1S/C14H13IN4O/c1-8(2)12-11(15)14(20)18-13(17-12)9-7-19-6-4-3-5-10(19)16-9/h3-8H,1-2H3,(H,17,18,20). The minimum absolute atomic E-state index is 0.114. The number of hydrogen-bond acceptors (Lipinski definition) is 3. The van der Waals surface area contributed by atoms with Crippen molar-refractivity contribution < 1.29 is 0 Å². The number of fused-ring (bicyclic) bond motifs is 1. The van der Waals surface area contributed by atoms with Crippen molar-refractivity contribution in [2.75, 3.05) is 0 Å². The number of rotatable bonds is 2. The molecule has 3 aromatic heterocycles. The van der Waals surface area contributed by atoms with E-state index in [9.17, 15) is 4.79 Å². The molecule has 0 radical (unpaired) electrons. The number of nitrogens with zero attached hydrogens (tertiary/aromatic N) is 3. The molecule has 0 bridgehead atoms. The number of aromatic amines is 1. The molecule has 0 saturated carbocycles. The highest BCUT2D eigenvalue weighted by atomic mass is 127. The van der Waals surface area contributed by atoms with E-state index in [1.165, 1.54) is 0 Å². The van der Waals surface area contributed by atoms with E-state index < -0.39 is 0 Å². The first-order valence-electron chi connectivity index (χ1n) is 6.30. The van der Waals surface area contributed by atoms with Gasteiger partial charge in [-0.05, 0) is 40.6 Å². The van der Waals surface area contributed by atoms with Gasteiger partial charge < -0.3 is 9.38 Å². The Balaban J connectivity index is 2.21. The van der Waals surface area contributed by atoms with Gasteiger partial charge in [0.1, 0.15) is 11.3 Å². The highest BCUT2D eigenvalue weighted by Crippen LogP contribution is 2.20. The maximum Gasteiger partial charge on any atom is 0.264 e. The average molecular weight is 380 g/mol. The first-order valence-corrected chi connectivity index (χ1v) is 7.38. The Kier molecular flexibility index (Phi) is 3.33. The van der Waals surface area contributed by atoms with Crippen LogP contribution in [0.1, 0.15) is 25.5 Å². The average Bonchev–Trinajstić information content (AvgIpc) is 2.85. The molecule has 0 aromatic carbocycles. The summed E-state index contributed by atoms with van der Waals surface area (Å²) >= 11 is 2.04. The Labute approximate surface area is 129 Å². The third-order valence-electron chi connectivity index (χ3n) is 3.04. The molecule has 0 amide bonds. The van der Waals surface area contributed by atoms with Crippen LogP contribution in [-0.2, 0) is 0 Å². The first kappa shape index (κ1) is 13.3. The van der Waals surface area contributed by atoms with E-state index in [0.717, 1.165) is 11.3 Å². The van der Waals surface area contributed by atoms with Crippen molar-refractivity contribution in [3.05, 3.63) is 50.2 Å². The summed E-state index contributed by atoms with van der Waals surface area (Å²) in [6.07, 6.45) is 3.78. The molecule has 0 fully saturated rings. The number of pyridine rings is 1. The second-order valence-electron chi connectivity index (χ2n) is 4.86. The van der Waals surface area contributed by atoms with Gasteiger partial charge >= 0.3 is 0 Å². The largest absolute Gasteiger partial charge is 0.306 e. The highest BCUT2D eigenvalue weighted by molar-refractivity contribution is 14.1. The highest BCUT2D eigenvalue weighted by Gasteiger charge is 2.14.